The molecule has 2 N–H and O–H groups in total. The van der Waals surface area contributed by atoms with Crippen molar-refractivity contribution in [2.24, 2.45) is 10.4 Å². The third kappa shape index (κ3) is 5.27. The van der Waals surface area contributed by atoms with Crippen LogP contribution in [0.25, 0.3) is 0 Å². The monoisotopic (exact) mass is 322 g/mol. The summed E-state index contributed by atoms with van der Waals surface area (Å²) in [6.45, 7) is 7.80. The predicted octanol–water partition coefficient (Wildman–Crippen LogP) is 3.38. The molecule has 1 heterocycles. The molecule has 5 heteroatoms. The highest BCUT2D eigenvalue weighted by Crippen LogP contribution is 2.34. The molecule has 1 fully saturated rings. The van der Waals surface area contributed by atoms with Gasteiger partial charge in [0.2, 0.25) is 0 Å². The van der Waals surface area contributed by atoms with Crippen molar-refractivity contribution >= 4 is 17.3 Å². The summed E-state index contributed by atoms with van der Waals surface area (Å²) in [6, 6.07) is 0.561. The smallest absolute Gasteiger partial charge is 0.191 e. The van der Waals surface area contributed by atoms with Gasteiger partial charge in [-0.2, -0.15) is 0 Å². The number of hydrogen-bond acceptors (Lipinski definition) is 3. The van der Waals surface area contributed by atoms with Crippen LogP contribution in [-0.4, -0.2) is 30.6 Å². The van der Waals surface area contributed by atoms with E-state index in [0.717, 1.165) is 25.3 Å². The molecule has 2 rings (SSSR count). The number of aromatic nitrogens is 1. The zero-order valence-corrected chi connectivity index (χ0v) is 15.2. The molecule has 0 unspecified atom stereocenters. The lowest BCUT2D eigenvalue weighted by atomic mass is 9.75. The SMILES string of the molecule is CCc1cnc(CCNC(=NC)NC2CCC(C)(C)CC2)s1. The molecule has 0 atom stereocenters. The Balaban J connectivity index is 1.71. The molecule has 1 aromatic rings. The molecule has 0 aliphatic heterocycles. The standard InChI is InChI=1S/C17H30N4S/c1-5-14-12-20-15(22-14)8-11-19-16(18-4)21-13-6-9-17(2,3)10-7-13/h12-13H,5-11H2,1-4H3,(H2,18,19,21). The second-order valence-corrected chi connectivity index (χ2v) is 8.11. The molecule has 0 spiro atoms. The fraction of sp³-hybridized carbons (Fsp3) is 0.765. The lowest BCUT2D eigenvalue weighted by Crippen LogP contribution is -2.46. The molecule has 0 radical (unpaired) electrons. The largest absolute Gasteiger partial charge is 0.356 e. The van der Waals surface area contributed by atoms with Gasteiger partial charge >= 0.3 is 0 Å². The molecule has 22 heavy (non-hydrogen) atoms. The number of thiazole rings is 1. The first-order valence-electron chi connectivity index (χ1n) is 8.43. The Morgan fingerprint density at radius 3 is 2.73 bits per heavy atom. The van der Waals surface area contributed by atoms with Crippen molar-refractivity contribution in [3.8, 4) is 0 Å². The van der Waals surface area contributed by atoms with Crippen LogP contribution in [0.5, 0.6) is 0 Å². The summed E-state index contributed by atoms with van der Waals surface area (Å²) in [6.07, 6.45) is 9.09. The molecule has 0 amide bonds. The topological polar surface area (TPSA) is 49.3 Å². The van der Waals surface area contributed by atoms with Crippen LogP contribution in [0.3, 0.4) is 0 Å². The summed E-state index contributed by atoms with van der Waals surface area (Å²) in [5.74, 6) is 0.928. The highest BCUT2D eigenvalue weighted by molar-refractivity contribution is 7.11. The van der Waals surface area contributed by atoms with Crippen molar-refractivity contribution in [2.75, 3.05) is 13.6 Å². The van der Waals surface area contributed by atoms with Gasteiger partial charge in [0.25, 0.3) is 0 Å². The maximum absolute atomic E-state index is 4.46. The van der Waals surface area contributed by atoms with Gasteiger partial charge in [0.15, 0.2) is 5.96 Å². The third-order valence-corrected chi connectivity index (χ3v) is 5.69. The van der Waals surface area contributed by atoms with Crippen LogP contribution in [0.1, 0.15) is 56.3 Å². The molecule has 1 saturated carbocycles. The Kier molecular flexibility index (Phi) is 6.24. The summed E-state index contributed by atoms with van der Waals surface area (Å²) in [4.78, 5) is 10.2. The fourth-order valence-electron chi connectivity index (χ4n) is 2.85. The number of nitrogens with one attached hydrogen (secondary N) is 2. The minimum atomic E-state index is 0.511. The second kappa shape index (κ2) is 7.95. The van der Waals surface area contributed by atoms with Crippen LogP contribution >= 0.6 is 11.3 Å². The van der Waals surface area contributed by atoms with Crippen molar-refractivity contribution < 1.29 is 0 Å². The van der Waals surface area contributed by atoms with Gasteiger partial charge in [0, 0.05) is 37.1 Å². The average molecular weight is 323 g/mol. The molecule has 4 nitrogen and oxygen atoms in total. The van der Waals surface area contributed by atoms with Gasteiger partial charge in [-0.3, -0.25) is 4.99 Å². The van der Waals surface area contributed by atoms with E-state index >= 15 is 0 Å². The minimum Gasteiger partial charge on any atom is -0.356 e. The molecule has 1 aromatic heterocycles. The van der Waals surface area contributed by atoms with E-state index in [9.17, 15) is 0 Å². The molecule has 0 saturated heterocycles. The molecular formula is C17H30N4S. The number of aryl methyl sites for hydroxylation is 1. The summed E-state index contributed by atoms with van der Waals surface area (Å²) < 4.78 is 0. The number of rotatable bonds is 5. The maximum Gasteiger partial charge on any atom is 0.191 e. The van der Waals surface area contributed by atoms with E-state index in [0.29, 0.717) is 11.5 Å². The minimum absolute atomic E-state index is 0.511. The van der Waals surface area contributed by atoms with E-state index in [1.807, 2.05) is 24.6 Å². The number of guanidine groups is 1. The summed E-state index contributed by atoms with van der Waals surface area (Å²) >= 11 is 1.82. The van der Waals surface area contributed by atoms with Crippen molar-refractivity contribution in [1.82, 2.24) is 15.6 Å². The Labute approximate surface area is 138 Å². The zero-order valence-electron chi connectivity index (χ0n) is 14.4. The first kappa shape index (κ1) is 17.3. The first-order valence-corrected chi connectivity index (χ1v) is 9.25. The number of aliphatic imine (C=N–C) groups is 1. The highest BCUT2D eigenvalue weighted by Gasteiger charge is 2.27. The second-order valence-electron chi connectivity index (χ2n) is 6.91. The van der Waals surface area contributed by atoms with Crippen LogP contribution in [0.15, 0.2) is 11.2 Å². The fourth-order valence-corrected chi connectivity index (χ4v) is 3.71. The van der Waals surface area contributed by atoms with Gasteiger partial charge in [-0.25, -0.2) is 4.98 Å². The van der Waals surface area contributed by atoms with Gasteiger partial charge < -0.3 is 10.6 Å². The van der Waals surface area contributed by atoms with E-state index in [1.54, 1.807) is 0 Å². The van der Waals surface area contributed by atoms with Crippen molar-refractivity contribution in [2.45, 2.75) is 65.3 Å². The van der Waals surface area contributed by atoms with E-state index in [4.69, 9.17) is 0 Å². The molecule has 0 bridgehead atoms. The maximum atomic E-state index is 4.46. The molecule has 1 aliphatic carbocycles. The van der Waals surface area contributed by atoms with Gasteiger partial charge in [-0.1, -0.05) is 20.8 Å². The highest BCUT2D eigenvalue weighted by atomic mass is 32.1. The Hall–Kier alpha value is -1.10. The van der Waals surface area contributed by atoms with Crippen LogP contribution in [0.4, 0.5) is 0 Å². The molecule has 1 aliphatic rings. The van der Waals surface area contributed by atoms with Crippen LogP contribution < -0.4 is 10.6 Å². The number of hydrogen-bond donors (Lipinski definition) is 2. The van der Waals surface area contributed by atoms with Crippen molar-refractivity contribution in [3.05, 3.63) is 16.1 Å². The van der Waals surface area contributed by atoms with Crippen LogP contribution in [-0.2, 0) is 12.8 Å². The Morgan fingerprint density at radius 2 is 2.14 bits per heavy atom. The van der Waals surface area contributed by atoms with Gasteiger partial charge in [-0.05, 0) is 37.5 Å². The quantitative estimate of drug-likeness (QED) is 0.645. The van der Waals surface area contributed by atoms with Gasteiger partial charge in [-0.15, -0.1) is 11.3 Å². The van der Waals surface area contributed by atoms with Crippen LogP contribution in [0, 0.1) is 5.41 Å². The van der Waals surface area contributed by atoms with Crippen molar-refractivity contribution in [3.63, 3.8) is 0 Å². The lowest BCUT2D eigenvalue weighted by Gasteiger charge is -2.35. The average Bonchev–Trinajstić information content (AvgIpc) is 2.96. The van der Waals surface area contributed by atoms with Gasteiger partial charge in [0.05, 0.1) is 5.01 Å². The van der Waals surface area contributed by atoms with Gasteiger partial charge in [0.1, 0.15) is 0 Å². The van der Waals surface area contributed by atoms with E-state index < -0.39 is 0 Å². The van der Waals surface area contributed by atoms with E-state index in [-0.39, 0.29) is 0 Å². The van der Waals surface area contributed by atoms with E-state index in [2.05, 4.69) is 41.4 Å². The normalized spacial score (nSPS) is 19.2. The zero-order chi connectivity index (χ0) is 16.0. The van der Waals surface area contributed by atoms with Crippen LogP contribution in [0.2, 0.25) is 0 Å². The van der Waals surface area contributed by atoms with Crippen molar-refractivity contribution in [1.29, 1.82) is 0 Å². The van der Waals surface area contributed by atoms with E-state index in [1.165, 1.54) is 35.6 Å². The Morgan fingerprint density at radius 1 is 1.41 bits per heavy atom. The molecule has 124 valence electrons. The molecular weight excluding hydrogens is 292 g/mol. The predicted molar refractivity (Wildman–Crippen MR) is 95.7 cm³/mol. The summed E-state index contributed by atoms with van der Waals surface area (Å²) in [7, 11) is 1.85. The third-order valence-electron chi connectivity index (χ3n) is 4.48. The summed E-state index contributed by atoms with van der Waals surface area (Å²) in [5, 5.41) is 8.19. The Bertz CT molecular complexity index is 483. The number of nitrogens with zero attached hydrogens (tertiary/aromatic N) is 2. The molecule has 0 aromatic carbocycles. The first-order chi connectivity index (χ1) is 10.5. The summed E-state index contributed by atoms with van der Waals surface area (Å²) in [5.41, 5.74) is 0.511. The lowest BCUT2D eigenvalue weighted by molar-refractivity contribution is 0.216.